The zero-order chi connectivity index (χ0) is 12.0. The Bertz CT molecular complexity index is 355. The van der Waals surface area contributed by atoms with Crippen LogP contribution in [0.4, 0.5) is 5.82 Å². The highest BCUT2D eigenvalue weighted by Gasteiger charge is 2.11. The molecule has 1 rings (SSSR count). The van der Waals surface area contributed by atoms with Crippen molar-refractivity contribution in [3.63, 3.8) is 0 Å². The first kappa shape index (κ1) is 12.4. The molecule has 0 radical (unpaired) electrons. The lowest BCUT2D eigenvalue weighted by molar-refractivity contribution is 0.0587. The van der Waals surface area contributed by atoms with E-state index in [1.54, 1.807) is 12.3 Å². The molecule has 0 aliphatic carbocycles. The van der Waals surface area contributed by atoms with Gasteiger partial charge in [-0.2, -0.15) is 0 Å². The summed E-state index contributed by atoms with van der Waals surface area (Å²) in [6, 6.07) is 1.78. The Balaban J connectivity index is 2.77. The molecule has 16 heavy (non-hydrogen) atoms. The van der Waals surface area contributed by atoms with Crippen molar-refractivity contribution in [2.24, 2.45) is 0 Å². The van der Waals surface area contributed by atoms with Crippen LogP contribution in [0.3, 0.4) is 0 Å². The van der Waals surface area contributed by atoms with Gasteiger partial charge in [-0.15, -0.1) is 0 Å². The molecule has 0 aliphatic rings. The highest BCUT2D eigenvalue weighted by atomic mass is 16.5. The summed E-state index contributed by atoms with van der Waals surface area (Å²) >= 11 is 0. The lowest BCUT2D eigenvalue weighted by Gasteiger charge is -2.17. The minimum absolute atomic E-state index is 0.100. The number of rotatable bonds is 5. The summed E-state index contributed by atoms with van der Waals surface area (Å²) in [6.45, 7) is 3.04. The predicted molar refractivity (Wildman–Crippen MR) is 61.5 cm³/mol. The summed E-state index contributed by atoms with van der Waals surface area (Å²) < 4.78 is 4.57. The van der Waals surface area contributed by atoms with Crippen LogP contribution in [0.5, 0.6) is 0 Å². The second-order valence-corrected chi connectivity index (χ2v) is 3.51. The third-order valence-electron chi connectivity index (χ3n) is 2.25. The number of methoxy groups -OCH3 is 1. The van der Waals surface area contributed by atoms with Crippen molar-refractivity contribution >= 4 is 11.8 Å². The van der Waals surface area contributed by atoms with E-state index < -0.39 is 5.97 Å². The summed E-state index contributed by atoms with van der Waals surface area (Å²) in [5.41, 5.74) is 0. The van der Waals surface area contributed by atoms with E-state index in [4.69, 9.17) is 0 Å². The van der Waals surface area contributed by atoms with Gasteiger partial charge in [0, 0.05) is 19.8 Å². The molecule has 0 atom stereocenters. The van der Waals surface area contributed by atoms with Gasteiger partial charge in [-0.05, 0) is 12.5 Å². The van der Waals surface area contributed by atoms with Gasteiger partial charge in [-0.1, -0.05) is 13.3 Å². The molecule has 1 heterocycles. The maximum absolute atomic E-state index is 11.2. The zero-order valence-corrected chi connectivity index (χ0v) is 9.93. The number of unbranched alkanes of at least 4 members (excludes halogenated alkanes) is 1. The van der Waals surface area contributed by atoms with E-state index in [2.05, 4.69) is 21.6 Å². The van der Waals surface area contributed by atoms with E-state index >= 15 is 0 Å². The molecular formula is C11H17N3O2. The normalized spacial score (nSPS) is 9.94. The second kappa shape index (κ2) is 6.05. The van der Waals surface area contributed by atoms with Gasteiger partial charge in [0.15, 0.2) is 0 Å². The van der Waals surface area contributed by atoms with Gasteiger partial charge in [-0.25, -0.2) is 14.8 Å². The topological polar surface area (TPSA) is 55.3 Å². The van der Waals surface area contributed by atoms with Crippen LogP contribution >= 0.6 is 0 Å². The largest absolute Gasteiger partial charge is 0.463 e. The van der Waals surface area contributed by atoms with E-state index in [1.165, 1.54) is 7.11 Å². The Morgan fingerprint density at radius 1 is 1.56 bits per heavy atom. The molecule has 0 N–H and O–H groups in total. The number of anilines is 1. The van der Waals surface area contributed by atoms with Crippen molar-refractivity contribution in [1.29, 1.82) is 0 Å². The molecule has 0 fully saturated rings. The van der Waals surface area contributed by atoms with Crippen molar-refractivity contribution in [2.45, 2.75) is 19.8 Å². The van der Waals surface area contributed by atoms with Crippen LogP contribution in [0.25, 0.3) is 0 Å². The third kappa shape index (κ3) is 3.18. The number of esters is 1. The molecule has 0 saturated carbocycles. The Morgan fingerprint density at radius 3 is 2.94 bits per heavy atom. The number of carbonyl (C=O) groups excluding carboxylic acids is 1. The fourth-order valence-corrected chi connectivity index (χ4v) is 1.26. The summed E-state index contributed by atoms with van der Waals surface area (Å²) in [6.07, 6.45) is 3.78. The van der Waals surface area contributed by atoms with E-state index in [1.807, 2.05) is 11.9 Å². The molecule has 1 aromatic heterocycles. The second-order valence-electron chi connectivity index (χ2n) is 3.51. The van der Waals surface area contributed by atoms with Gasteiger partial charge in [-0.3, -0.25) is 0 Å². The smallest absolute Gasteiger partial charge is 0.376 e. The zero-order valence-electron chi connectivity index (χ0n) is 9.93. The fourth-order valence-electron chi connectivity index (χ4n) is 1.26. The van der Waals surface area contributed by atoms with Gasteiger partial charge in [0.05, 0.1) is 7.11 Å². The third-order valence-corrected chi connectivity index (χ3v) is 2.25. The average molecular weight is 223 g/mol. The van der Waals surface area contributed by atoms with Gasteiger partial charge in [0.25, 0.3) is 0 Å². The van der Waals surface area contributed by atoms with Crippen molar-refractivity contribution in [1.82, 2.24) is 9.97 Å². The molecule has 5 heteroatoms. The van der Waals surface area contributed by atoms with Gasteiger partial charge in [0.2, 0.25) is 5.82 Å². The standard InChI is InChI=1S/C11H17N3O2/c1-4-5-8-14(2)9-6-7-12-10(13-9)11(15)16-3/h6-7H,4-5,8H2,1-3H3. The number of hydrogen-bond donors (Lipinski definition) is 0. The Kier molecular flexibility index (Phi) is 4.69. The number of hydrogen-bond acceptors (Lipinski definition) is 5. The lowest BCUT2D eigenvalue weighted by atomic mass is 10.3. The monoisotopic (exact) mass is 223 g/mol. The molecule has 0 amide bonds. The van der Waals surface area contributed by atoms with Crippen LogP contribution in [0, 0.1) is 0 Å². The highest BCUT2D eigenvalue weighted by molar-refractivity contribution is 5.85. The molecule has 5 nitrogen and oxygen atoms in total. The van der Waals surface area contributed by atoms with Crippen LogP contribution in [0.1, 0.15) is 30.4 Å². The molecular weight excluding hydrogens is 206 g/mol. The van der Waals surface area contributed by atoms with Gasteiger partial charge >= 0.3 is 5.97 Å². The first-order valence-corrected chi connectivity index (χ1v) is 5.31. The summed E-state index contributed by atoms with van der Waals surface area (Å²) in [7, 11) is 3.26. The van der Waals surface area contributed by atoms with E-state index in [-0.39, 0.29) is 5.82 Å². The van der Waals surface area contributed by atoms with Crippen molar-refractivity contribution in [3.8, 4) is 0 Å². The lowest BCUT2D eigenvalue weighted by Crippen LogP contribution is -2.21. The number of ether oxygens (including phenoxy) is 1. The Morgan fingerprint density at radius 2 is 2.31 bits per heavy atom. The Labute approximate surface area is 95.5 Å². The number of carbonyl (C=O) groups is 1. The summed E-state index contributed by atoms with van der Waals surface area (Å²) in [4.78, 5) is 21.2. The van der Waals surface area contributed by atoms with Crippen LogP contribution < -0.4 is 4.90 Å². The SMILES string of the molecule is CCCCN(C)c1ccnc(C(=O)OC)n1. The summed E-state index contributed by atoms with van der Waals surface area (Å²) in [5, 5.41) is 0. The van der Waals surface area contributed by atoms with Gasteiger partial charge < -0.3 is 9.64 Å². The van der Waals surface area contributed by atoms with Crippen molar-refractivity contribution in [2.75, 3.05) is 25.6 Å². The van der Waals surface area contributed by atoms with Crippen LogP contribution in [0.15, 0.2) is 12.3 Å². The van der Waals surface area contributed by atoms with Crippen molar-refractivity contribution < 1.29 is 9.53 Å². The van der Waals surface area contributed by atoms with Crippen LogP contribution in [-0.4, -0.2) is 36.6 Å². The first-order chi connectivity index (χ1) is 7.69. The van der Waals surface area contributed by atoms with E-state index in [0.717, 1.165) is 25.2 Å². The average Bonchev–Trinajstić information content (AvgIpc) is 2.35. The van der Waals surface area contributed by atoms with E-state index in [9.17, 15) is 4.79 Å². The number of aromatic nitrogens is 2. The molecule has 0 saturated heterocycles. The molecule has 0 aliphatic heterocycles. The minimum Gasteiger partial charge on any atom is -0.463 e. The molecule has 0 aromatic carbocycles. The fraction of sp³-hybridized carbons (Fsp3) is 0.545. The Hall–Kier alpha value is -1.65. The quantitative estimate of drug-likeness (QED) is 0.708. The van der Waals surface area contributed by atoms with Crippen LogP contribution in [-0.2, 0) is 4.74 Å². The highest BCUT2D eigenvalue weighted by Crippen LogP contribution is 2.09. The van der Waals surface area contributed by atoms with Crippen LogP contribution in [0.2, 0.25) is 0 Å². The molecule has 0 unspecified atom stereocenters. The van der Waals surface area contributed by atoms with Crippen molar-refractivity contribution in [3.05, 3.63) is 18.1 Å². The maximum Gasteiger partial charge on any atom is 0.376 e. The molecule has 0 bridgehead atoms. The van der Waals surface area contributed by atoms with Gasteiger partial charge in [0.1, 0.15) is 5.82 Å². The first-order valence-electron chi connectivity index (χ1n) is 5.31. The van der Waals surface area contributed by atoms with E-state index in [0.29, 0.717) is 0 Å². The molecule has 88 valence electrons. The maximum atomic E-state index is 11.2. The minimum atomic E-state index is -0.509. The summed E-state index contributed by atoms with van der Waals surface area (Å²) in [5.74, 6) is 0.331. The predicted octanol–water partition coefficient (Wildman–Crippen LogP) is 1.50. The molecule has 1 aromatic rings. The number of nitrogens with zero attached hydrogens (tertiary/aromatic N) is 3. The molecule has 0 spiro atoms.